The average molecular weight is 1520 g/mol. The molecule has 7 aliphatic carbocycles. The summed E-state index contributed by atoms with van der Waals surface area (Å²) in [5.41, 5.74) is 14.9. The van der Waals surface area contributed by atoms with Crippen molar-refractivity contribution < 1.29 is 67.8 Å². The molecule has 4 aromatic rings. The number of carboxylic acid groups (broad SMARTS) is 3. The second-order valence-corrected chi connectivity index (χ2v) is 29.6. The molecule has 9 aliphatic rings. The molecule has 3 unspecified atom stereocenters. The highest BCUT2D eigenvalue weighted by molar-refractivity contribution is 5.82. The van der Waals surface area contributed by atoms with Crippen LogP contribution in [-0.4, -0.2) is 156 Å². The van der Waals surface area contributed by atoms with Crippen LogP contribution in [0.4, 0.5) is 4.79 Å². The van der Waals surface area contributed by atoms with Gasteiger partial charge in [-0.05, 0) is 282 Å². The number of hydrogen-bond acceptors (Lipinski definition) is 15. The Balaban J connectivity index is 0.000000249. The lowest BCUT2D eigenvalue weighted by molar-refractivity contribution is -0.143. The van der Waals surface area contributed by atoms with Crippen molar-refractivity contribution in [3.63, 3.8) is 0 Å². The normalized spacial score (nSPS) is 20.8. The van der Waals surface area contributed by atoms with Gasteiger partial charge in [-0.25, -0.2) is 19.2 Å². The van der Waals surface area contributed by atoms with Gasteiger partial charge >= 0.3 is 24.0 Å². The van der Waals surface area contributed by atoms with Crippen molar-refractivity contribution in [3.8, 4) is 0 Å². The lowest BCUT2D eigenvalue weighted by atomic mass is 9.79. The Morgan fingerprint density at radius 1 is 0.422 bits per heavy atom. The van der Waals surface area contributed by atoms with Crippen molar-refractivity contribution in [2.75, 3.05) is 53.2 Å². The molecule has 21 heteroatoms. The highest BCUT2D eigenvalue weighted by Crippen LogP contribution is 2.37. The number of piperidine rings is 1. The zero-order chi connectivity index (χ0) is 79.0. The molecule has 13 rings (SSSR count). The zero-order valence-electron chi connectivity index (χ0n) is 68.0. The van der Waals surface area contributed by atoms with Crippen LogP contribution in [0.1, 0.15) is 278 Å². The molecule has 3 aromatic heterocycles. The number of rotatable bonds is 27. The maximum atomic E-state index is 11.2. The second-order valence-electron chi connectivity index (χ2n) is 29.6. The van der Waals surface area contributed by atoms with Gasteiger partial charge in [0.1, 0.15) is 18.1 Å². The number of pyridine rings is 3. The summed E-state index contributed by atoms with van der Waals surface area (Å²) in [6.45, 7) is 20.2. The number of aliphatic carboxylic acids is 3. The minimum Gasteiger partial charge on any atom is -0.480 e. The summed E-state index contributed by atoms with van der Waals surface area (Å²) in [6.07, 6.45) is 39.9. The van der Waals surface area contributed by atoms with Crippen LogP contribution in [0, 0.1) is 17.8 Å². The number of nitrogens with zero attached hydrogens (tertiary/aromatic N) is 3. The van der Waals surface area contributed by atoms with Gasteiger partial charge in [-0.2, -0.15) is 0 Å². The first kappa shape index (κ1) is 92.7. The summed E-state index contributed by atoms with van der Waals surface area (Å²) in [6, 6.07) is 19.3. The number of aromatic nitrogens is 3. The Bertz CT molecular complexity index is 3060. The fourth-order valence-electron chi connectivity index (χ4n) is 15.0. The van der Waals surface area contributed by atoms with Gasteiger partial charge in [0.25, 0.3) is 0 Å². The van der Waals surface area contributed by atoms with Crippen molar-refractivity contribution >= 4 is 35.8 Å². The Hall–Kier alpha value is -6.91. The predicted molar refractivity (Wildman–Crippen MR) is 430 cm³/mol. The Labute approximate surface area is 653 Å². The number of amides is 3. The summed E-state index contributed by atoms with van der Waals surface area (Å²) in [5.74, 6) is -1.80. The number of hydrogen-bond donors (Lipinski definition) is 7. The molecule has 5 heterocycles. The third-order valence-corrected chi connectivity index (χ3v) is 21.4. The highest BCUT2D eigenvalue weighted by atomic mass is 16.5. The molecule has 3 saturated carbocycles. The number of carbonyl (C=O) groups is 6. The van der Waals surface area contributed by atoms with Crippen molar-refractivity contribution in [2.24, 2.45) is 17.8 Å². The third kappa shape index (κ3) is 36.4. The first-order valence-electron chi connectivity index (χ1n) is 42.2. The highest BCUT2D eigenvalue weighted by Gasteiger charge is 2.33. The van der Waals surface area contributed by atoms with E-state index in [2.05, 4.69) is 86.7 Å². The van der Waals surface area contributed by atoms with E-state index >= 15 is 0 Å². The van der Waals surface area contributed by atoms with Gasteiger partial charge in [0, 0.05) is 100 Å². The number of methoxy groups -OCH3 is 1. The lowest BCUT2D eigenvalue weighted by Gasteiger charge is -2.35. The maximum Gasteiger partial charge on any atom is 0.407 e. The van der Waals surface area contributed by atoms with Crippen molar-refractivity contribution in [3.05, 3.63) is 123 Å². The molecule has 109 heavy (non-hydrogen) atoms. The molecule has 0 radical (unpaired) electrons. The van der Waals surface area contributed by atoms with Crippen LogP contribution in [0.5, 0.6) is 0 Å². The fourth-order valence-corrected chi connectivity index (χ4v) is 15.0. The summed E-state index contributed by atoms with van der Waals surface area (Å²) in [5, 5.41) is 37.7. The van der Waals surface area contributed by atoms with Gasteiger partial charge < -0.3 is 60.3 Å². The number of fused-ring (bicyclic) bond motifs is 4. The van der Waals surface area contributed by atoms with E-state index in [4.69, 9.17) is 49.2 Å². The van der Waals surface area contributed by atoms with Crippen LogP contribution in [-0.2, 0) is 118 Å². The SMILES string of the molecule is C1CCNCC1.C1CCOCC1.CC.CC.CC.CC(=O)NC(CCOC1CC(CCc2ccc3c(n2)CCCC3)C1)C(=O)O.CC(=O)NC(CCOC1CC(CCc2ccc3c(n2)CCCC3)C1)C(=O)O.COC(=O)NC(CCOC1CC(CCc2ccc3c(n2)CCCC3)C1)C(=O)O.c1ccc2c(c1)CCC2. The van der Waals surface area contributed by atoms with E-state index in [1.807, 2.05) is 41.5 Å². The van der Waals surface area contributed by atoms with Crippen LogP contribution in [0.25, 0.3) is 0 Å². The van der Waals surface area contributed by atoms with E-state index in [1.54, 1.807) is 11.1 Å². The Morgan fingerprint density at radius 3 is 1.02 bits per heavy atom. The second kappa shape index (κ2) is 54.7. The minimum atomic E-state index is -1.09. The molecule has 7 N–H and O–H groups in total. The Kier molecular flexibility index (Phi) is 46.5. The molecule has 21 nitrogen and oxygen atoms in total. The van der Waals surface area contributed by atoms with Crippen LogP contribution in [0.2, 0.25) is 0 Å². The summed E-state index contributed by atoms with van der Waals surface area (Å²) >= 11 is 0. The first-order valence-corrected chi connectivity index (χ1v) is 42.2. The van der Waals surface area contributed by atoms with Crippen LogP contribution >= 0.6 is 0 Å². The molecule has 0 bridgehead atoms. The topological polar surface area (TPSA) is 296 Å². The third-order valence-electron chi connectivity index (χ3n) is 21.4. The molecule has 3 atom stereocenters. The number of carboxylic acids is 3. The Morgan fingerprint density at radius 2 is 0.743 bits per heavy atom. The molecule has 2 saturated heterocycles. The van der Waals surface area contributed by atoms with Crippen LogP contribution in [0.15, 0.2) is 60.7 Å². The van der Waals surface area contributed by atoms with Crippen molar-refractivity contribution in [1.29, 1.82) is 0 Å². The van der Waals surface area contributed by atoms with Gasteiger partial charge in [0.05, 0.1) is 25.4 Å². The standard InChI is InChI=1S/C21H30N2O5.2C21H30N2O4.C9H10.C5H11N.C5H10O.3C2H6/c1-27-21(26)23-19(20(24)25)10-11-28-17-12-14(13-17)6-8-16-9-7-15-4-2-3-5-18(15)22-16;2*1-14(24)22-20(21(25)26)10-11-27-18-12-15(13-18)6-8-17-9-7-16-4-2-3-5-19(16)23-17;1-2-5-9-7-3-6-8(9)4-1;2*1-2-4-6-5-3-1;3*1-2/h7,9,14,17,19H,2-6,8,10-13H2,1H3,(H,23,26)(H,24,25);2*7,9,15,18,20H,2-6,8,10-13H2,1H3,(H,22,24)(H,25,26);1-2,4-5H,3,6-7H2;6H,1-5H2;1-5H2;3*1-2H3. The van der Waals surface area contributed by atoms with Crippen LogP contribution < -0.4 is 21.3 Å². The molecule has 1 aromatic carbocycles. The van der Waals surface area contributed by atoms with E-state index in [1.165, 1.54) is 200 Å². The quantitative estimate of drug-likeness (QED) is 0.0292. The molecule has 3 amide bonds. The van der Waals surface area contributed by atoms with E-state index < -0.39 is 42.1 Å². The van der Waals surface area contributed by atoms with E-state index in [9.17, 15) is 28.8 Å². The number of alkyl carbamates (subject to hydrolysis) is 1. The number of nitrogens with one attached hydrogen (secondary N) is 4. The molecular formula is C88H139N7O14. The smallest absolute Gasteiger partial charge is 0.407 e. The molecule has 0 spiro atoms. The predicted octanol–water partition coefficient (Wildman–Crippen LogP) is 15.4. The van der Waals surface area contributed by atoms with Gasteiger partial charge in [0.15, 0.2) is 0 Å². The van der Waals surface area contributed by atoms with Crippen molar-refractivity contribution in [2.45, 2.75) is 323 Å². The lowest BCUT2D eigenvalue weighted by Crippen LogP contribution is -2.42. The first-order chi connectivity index (χ1) is 53.0. The molecular weight excluding hydrogens is 1380 g/mol. The van der Waals surface area contributed by atoms with Gasteiger partial charge in [-0.3, -0.25) is 24.5 Å². The van der Waals surface area contributed by atoms with Gasteiger partial charge in [-0.15, -0.1) is 0 Å². The van der Waals surface area contributed by atoms with Crippen LogP contribution in [0.3, 0.4) is 0 Å². The van der Waals surface area contributed by atoms with Crippen molar-refractivity contribution in [1.82, 2.24) is 36.2 Å². The number of aryl methyl sites for hydroxylation is 11. The largest absolute Gasteiger partial charge is 0.480 e. The number of benzene rings is 1. The van der Waals surface area contributed by atoms with E-state index in [-0.39, 0.29) is 36.5 Å². The summed E-state index contributed by atoms with van der Waals surface area (Å²) in [4.78, 5) is 81.0. The van der Waals surface area contributed by atoms with E-state index in [0.29, 0.717) is 50.4 Å². The fraction of sp³-hybridized carbons (Fsp3) is 0.693. The molecule has 2 aliphatic heterocycles. The summed E-state index contributed by atoms with van der Waals surface area (Å²) < 4.78 is 26.8. The maximum absolute atomic E-state index is 11.2. The molecule has 5 fully saturated rings. The summed E-state index contributed by atoms with van der Waals surface area (Å²) in [7, 11) is 1.21. The monoisotopic (exact) mass is 1520 g/mol. The average Bonchev–Trinajstić information content (AvgIpc) is 1.59. The number of carbonyl (C=O) groups excluding carboxylic acids is 3. The minimum absolute atomic E-state index is 0.189. The number of ether oxygens (including phenoxy) is 5. The molecule has 610 valence electrons. The van der Waals surface area contributed by atoms with Gasteiger partial charge in [0.2, 0.25) is 11.8 Å². The van der Waals surface area contributed by atoms with E-state index in [0.717, 1.165) is 110 Å². The zero-order valence-corrected chi connectivity index (χ0v) is 68.0. The van der Waals surface area contributed by atoms with Gasteiger partial charge in [-0.1, -0.05) is 90.4 Å².